The van der Waals surface area contributed by atoms with Crippen molar-refractivity contribution in [2.24, 2.45) is 0 Å². The number of carbonyl (C=O) groups is 2. The Bertz CT molecular complexity index is 848. The molecule has 0 bridgehead atoms. The van der Waals surface area contributed by atoms with Crippen LogP contribution in [0, 0.1) is 6.92 Å². The van der Waals surface area contributed by atoms with Gasteiger partial charge < -0.3 is 14.8 Å². The van der Waals surface area contributed by atoms with Gasteiger partial charge in [-0.1, -0.05) is 37.6 Å². The summed E-state index contributed by atoms with van der Waals surface area (Å²) < 4.78 is 10.6. The standard InChI is InChI=1S/C21H24ClNO4/c1-12(2)16-8-6-13(3)10-19(16)27-14(4)20(24)23-15-7-9-18(22)17(11-15)21(25)26-5/h6-12,14H,1-5H3,(H,23,24)/t14-/m1/s1. The second-order valence-corrected chi connectivity index (χ2v) is 7.04. The van der Waals surface area contributed by atoms with Crippen LogP contribution in [0.4, 0.5) is 5.69 Å². The number of benzene rings is 2. The molecule has 0 radical (unpaired) electrons. The lowest BCUT2D eigenvalue weighted by Crippen LogP contribution is -2.30. The van der Waals surface area contributed by atoms with E-state index in [4.69, 9.17) is 16.3 Å². The maximum Gasteiger partial charge on any atom is 0.339 e. The number of rotatable bonds is 6. The summed E-state index contributed by atoms with van der Waals surface area (Å²) in [6, 6.07) is 10.6. The van der Waals surface area contributed by atoms with Crippen molar-refractivity contribution >= 4 is 29.2 Å². The zero-order valence-corrected chi connectivity index (χ0v) is 16.9. The van der Waals surface area contributed by atoms with Crippen LogP contribution in [0.3, 0.4) is 0 Å². The van der Waals surface area contributed by atoms with Gasteiger partial charge in [0.05, 0.1) is 17.7 Å². The van der Waals surface area contributed by atoms with Crippen LogP contribution in [0.1, 0.15) is 48.2 Å². The van der Waals surface area contributed by atoms with Crippen LogP contribution in [0.2, 0.25) is 5.02 Å². The first kappa shape index (κ1) is 20.8. The molecule has 0 aliphatic rings. The molecule has 6 heteroatoms. The Morgan fingerprint density at radius 2 is 1.78 bits per heavy atom. The van der Waals surface area contributed by atoms with Crippen LogP contribution < -0.4 is 10.1 Å². The molecular weight excluding hydrogens is 366 g/mol. The highest BCUT2D eigenvalue weighted by atomic mass is 35.5. The summed E-state index contributed by atoms with van der Waals surface area (Å²) in [5, 5.41) is 3.00. The van der Waals surface area contributed by atoms with E-state index < -0.39 is 12.1 Å². The number of aryl methyl sites for hydroxylation is 1. The van der Waals surface area contributed by atoms with Gasteiger partial charge in [0.25, 0.3) is 5.91 Å². The lowest BCUT2D eigenvalue weighted by molar-refractivity contribution is -0.122. The fraction of sp³-hybridized carbons (Fsp3) is 0.333. The molecule has 2 aromatic carbocycles. The smallest absolute Gasteiger partial charge is 0.339 e. The fourth-order valence-corrected chi connectivity index (χ4v) is 2.77. The quantitative estimate of drug-likeness (QED) is 0.709. The van der Waals surface area contributed by atoms with E-state index in [2.05, 4.69) is 23.9 Å². The SMILES string of the molecule is COC(=O)c1cc(NC(=O)[C@@H](C)Oc2cc(C)ccc2C(C)C)ccc1Cl. The Kier molecular flexibility index (Phi) is 6.86. The molecule has 0 aliphatic carbocycles. The number of methoxy groups -OCH3 is 1. The first-order valence-corrected chi connectivity index (χ1v) is 9.06. The van der Waals surface area contributed by atoms with E-state index in [-0.39, 0.29) is 22.4 Å². The molecule has 0 fully saturated rings. The van der Waals surface area contributed by atoms with Gasteiger partial charge in [0.2, 0.25) is 0 Å². The predicted octanol–water partition coefficient (Wildman–Crippen LogP) is 4.96. The summed E-state index contributed by atoms with van der Waals surface area (Å²) in [5.41, 5.74) is 2.72. The molecule has 5 nitrogen and oxygen atoms in total. The van der Waals surface area contributed by atoms with Gasteiger partial charge in [0.1, 0.15) is 5.75 Å². The van der Waals surface area contributed by atoms with Crippen molar-refractivity contribution < 1.29 is 19.1 Å². The molecule has 0 unspecified atom stereocenters. The van der Waals surface area contributed by atoms with Gasteiger partial charge >= 0.3 is 5.97 Å². The van der Waals surface area contributed by atoms with Crippen molar-refractivity contribution in [2.45, 2.75) is 39.7 Å². The maximum absolute atomic E-state index is 12.5. The molecule has 0 saturated heterocycles. The van der Waals surface area contributed by atoms with Crippen LogP contribution in [0.25, 0.3) is 0 Å². The third-order valence-electron chi connectivity index (χ3n) is 4.10. The third-order valence-corrected chi connectivity index (χ3v) is 4.43. The number of ether oxygens (including phenoxy) is 2. The second-order valence-electron chi connectivity index (χ2n) is 6.63. The van der Waals surface area contributed by atoms with Crippen molar-refractivity contribution in [2.75, 3.05) is 12.4 Å². The molecule has 144 valence electrons. The number of amides is 1. The zero-order valence-electron chi connectivity index (χ0n) is 16.1. The van der Waals surface area contributed by atoms with Gasteiger partial charge in [-0.15, -0.1) is 0 Å². The largest absolute Gasteiger partial charge is 0.481 e. The summed E-state index contributed by atoms with van der Waals surface area (Å²) >= 11 is 6.00. The van der Waals surface area contributed by atoms with Crippen LogP contribution in [-0.4, -0.2) is 25.1 Å². The van der Waals surface area contributed by atoms with E-state index in [1.54, 1.807) is 13.0 Å². The summed E-state index contributed by atoms with van der Waals surface area (Å²) in [7, 11) is 1.27. The van der Waals surface area contributed by atoms with E-state index >= 15 is 0 Å². The molecule has 1 N–H and O–H groups in total. The molecule has 0 spiro atoms. The molecule has 2 rings (SSSR count). The van der Waals surface area contributed by atoms with Crippen LogP contribution in [0.5, 0.6) is 5.75 Å². The minimum Gasteiger partial charge on any atom is -0.481 e. The Balaban J connectivity index is 2.15. The number of hydrogen-bond acceptors (Lipinski definition) is 4. The third kappa shape index (κ3) is 5.23. The van der Waals surface area contributed by atoms with E-state index in [1.807, 2.05) is 25.1 Å². The van der Waals surface area contributed by atoms with Gasteiger partial charge in [-0.2, -0.15) is 0 Å². The second kappa shape index (κ2) is 8.91. The molecular formula is C21H24ClNO4. The minimum absolute atomic E-state index is 0.186. The lowest BCUT2D eigenvalue weighted by Gasteiger charge is -2.19. The Morgan fingerprint density at radius 1 is 1.07 bits per heavy atom. The number of halogens is 1. The zero-order chi connectivity index (χ0) is 20.1. The fourth-order valence-electron chi connectivity index (χ4n) is 2.58. The van der Waals surface area contributed by atoms with Crippen molar-refractivity contribution in [1.82, 2.24) is 0 Å². The Morgan fingerprint density at radius 3 is 2.41 bits per heavy atom. The van der Waals surface area contributed by atoms with Crippen molar-refractivity contribution in [3.63, 3.8) is 0 Å². The molecule has 0 aromatic heterocycles. The first-order chi connectivity index (χ1) is 12.7. The van der Waals surface area contributed by atoms with Gasteiger partial charge in [-0.3, -0.25) is 4.79 Å². The van der Waals surface area contributed by atoms with Crippen molar-refractivity contribution in [3.05, 3.63) is 58.1 Å². The van der Waals surface area contributed by atoms with E-state index in [9.17, 15) is 9.59 Å². The molecule has 0 heterocycles. The molecule has 1 atom stereocenters. The minimum atomic E-state index is -0.721. The van der Waals surface area contributed by atoms with Gasteiger partial charge in [-0.05, 0) is 55.2 Å². The summed E-state index contributed by atoms with van der Waals surface area (Å²) in [6.45, 7) is 7.80. The van der Waals surface area contributed by atoms with Crippen LogP contribution in [0.15, 0.2) is 36.4 Å². The van der Waals surface area contributed by atoms with Crippen LogP contribution in [-0.2, 0) is 9.53 Å². The lowest BCUT2D eigenvalue weighted by atomic mass is 10.0. The highest BCUT2D eigenvalue weighted by Gasteiger charge is 2.19. The molecule has 2 aromatic rings. The van der Waals surface area contributed by atoms with Gasteiger partial charge in [0, 0.05) is 5.69 Å². The predicted molar refractivity (Wildman–Crippen MR) is 107 cm³/mol. The summed E-state index contributed by atoms with van der Waals surface area (Å²) in [6.07, 6.45) is -0.721. The van der Waals surface area contributed by atoms with E-state index in [1.165, 1.54) is 19.2 Å². The number of esters is 1. The first-order valence-electron chi connectivity index (χ1n) is 8.68. The summed E-state index contributed by atoms with van der Waals surface area (Å²) in [4.78, 5) is 24.3. The highest BCUT2D eigenvalue weighted by molar-refractivity contribution is 6.33. The average molecular weight is 390 g/mol. The Hall–Kier alpha value is -2.53. The van der Waals surface area contributed by atoms with Crippen molar-refractivity contribution in [1.29, 1.82) is 0 Å². The maximum atomic E-state index is 12.5. The molecule has 1 amide bonds. The topological polar surface area (TPSA) is 64.6 Å². The summed E-state index contributed by atoms with van der Waals surface area (Å²) in [5.74, 6) is 0.0693. The number of anilines is 1. The number of carbonyl (C=O) groups excluding carboxylic acids is 2. The monoisotopic (exact) mass is 389 g/mol. The van der Waals surface area contributed by atoms with Crippen LogP contribution >= 0.6 is 11.6 Å². The average Bonchev–Trinajstić information content (AvgIpc) is 2.62. The van der Waals surface area contributed by atoms with E-state index in [0.717, 1.165) is 11.1 Å². The molecule has 27 heavy (non-hydrogen) atoms. The van der Waals surface area contributed by atoms with E-state index in [0.29, 0.717) is 11.4 Å². The molecule has 0 saturated carbocycles. The highest BCUT2D eigenvalue weighted by Crippen LogP contribution is 2.28. The molecule has 0 aliphatic heterocycles. The van der Waals surface area contributed by atoms with Gasteiger partial charge in [0.15, 0.2) is 6.10 Å². The normalized spacial score (nSPS) is 11.8. The van der Waals surface area contributed by atoms with Gasteiger partial charge in [-0.25, -0.2) is 4.79 Å². The van der Waals surface area contributed by atoms with Crippen molar-refractivity contribution in [3.8, 4) is 5.75 Å². The number of nitrogens with one attached hydrogen (secondary N) is 1. The number of hydrogen-bond donors (Lipinski definition) is 1. The Labute approximate surface area is 164 Å².